The lowest BCUT2D eigenvalue weighted by Crippen LogP contribution is -2.36. The van der Waals surface area contributed by atoms with Crippen LogP contribution in [-0.2, 0) is 6.54 Å². The molecule has 0 aliphatic carbocycles. The van der Waals surface area contributed by atoms with E-state index in [1.807, 2.05) is 30.3 Å². The van der Waals surface area contributed by atoms with Gasteiger partial charge in [0.25, 0.3) is 5.91 Å². The zero-order valence-electron chi connectivity index (χ0n) is 13.8. The minimum Gasteiger partial charge on any atom is -0.478 e. The van der Waals surface area contributed by atoms with E-state index in [1.165, 1.54) is 18.2 Å². The first-order valence-corrected chi connectivity index (χ1v) is 7.73. The highest BCUT2D eigenvalue weighted by Crippen LogP contribution is 2.16. The number of aromatic carboxylic acids is 1. The van der Waals surface area contributed by atoms with Crippen LogP contribution in [0.15, 0.2) is 48.5 Å². The maximum absolute atomic E-state index is 12.9. The summed E-state index contributed by atoms with van der Waals surface area (Å²) >= 11 is 0. The van der Waals surface area contributed by atoms with Crippen LogP contribution < -0.4 is 0 Å². The standard InChI is InChI=1S/C19H21NO4/c1-13-10-16(19(23)24)8-9-17(13)18(22)20(11-14(2)21)12-15-6-4-3-5-7-15/h3-10,14,21H,11-12H2,1-2H3,(H,23,24). The molecule has 0 radical (unpaired) electrons. The van der Waals surface area contributed by atoms with Crippen molar-refractivity contribution in [2.75, 3.05) is 6.54 Å². The highest BCUT2D eigenvalue weighted by molar-refractivity contribution is 5.97. The van der Waals surface area contributed by atoms with Gasteiger partial charge >= 0.3 is 5.97 Å². The highest BCUT2D eigenvalue weighted by atomic mass is 16.4. The average Bonchev–Trinajstić information content (AvgIpc) is 2.54. The second-order valence-corrected chi connectivity index (χ2v) is 5.86. The van der Waals surface area contributed by atoms with Crippen LogP contribution in [0.3, 0.4) is 0 Å². The van der Waals surface area contributed by atoms with Crippen molar-refractivity contribution >= 4 is 11.9 Å². The normalized spacial score (nSPS) is 11.8. The van der Waals surface area contributed by atoms with Crippen molar-refractivity contribution in [3.05, 3.63) is 70.8 Å². The number of nitrogens with zero attached hydrogens (tertiary/aromatic N) is 1. The van der Waals surface area contributed by atoms with Gasteiger partial charge < -0.3 is 15.1 Å². The van der Waals surface area contributed by atoms with Crippen LogP contribution in [0.2, 0.25) is 0 Å². The summed E-state index contributed by atoms with van der Waals surface area (Å²) in [7, 11) is 0. The minimum absolute atomic E-state index is 0.147. The average molecular weight is 327 g/mol. The third-order valence-electron chi connectivity index (χ3n) is 3.69. The Bertz CT molecular complexity index is 725. The number of aliphatic hydroxyl groups excluding tert-OH is 1. The van der Waals surface area contributed by atoms with Gasteiger partial charge in [-0.25, -0.2) is 4.79 Å². The van der Waals surface area contributed by atoms with Crippen molar-refractivity contribution < 1.29 is 19.8 Å². The number of rotatable bonds is 6. The Morgan fingerprint density at radius 1 is 1.12 bits per heavy atom. The fourth-order valence-electron chi connectivity index (χ4n) is 2.55. The molecule has 0 aliphatic rings. The Labute approximate surface area is 141 Å². The molecule has 2 rings (SSSR count). The summed E-state index contributed by atoms with van der Waals surface area (Å²) in [6.45, 7) is 3.92. The van der Waals surface area contributed by atoms with E-state index in [0.717, 1.165) is 5.56 Å². The molecule has 1 atom stereocenters. The smallest absolute Gasteiger partial charge is 0.335 e. The van der Waals surface area contributed by atoms with Crippen molar-refractivity contribution in [1.29, 1.82) is 0 Å². The van der Waals surface area contributed by atoms with E-state index in [1.54, 1.807) is 18.7 Å². The molecule has 0 aromatic heterocycles. The third kappa shape index (κ3) is 4.43. The van der Waals surface area contributed by atoms with Crippen molar-refractivity contribution in [3.63, 3.8) is 0 Å². The lowest BCUT2D eigenvalue weighted by molar-refractivity contribution is 0.0628. The lowest BCUT2D eigenvalue weighted by atomic mass is 10.0. The summed E-state index contributed by atoms with van der Waals surface area (Å²) in [4.78, 5) is 25.5. The van der Waals surface area contributed by atoms with E-state index in [2.05, 4.69) is 0 Å². The first kappa shape index (κ1) is 17.7. The number of amides is 1. The molecule has 2 N–H and O–H groups in total. The van der Waals surface area contributed by atoms with Crippen molar-refractivity contribution in [2.45, 2.75) is 26.5 Å². The molecule has 0 saturated heterocycles. The van der Waals surface area contributed by atoms with Crippen LogP contribution in [0.25, 0.3) is 0 Å². The number of benzene rings is 2. The summed E-state index contributed by atoms with van der Waals surface area (Å²) in [5, 5.41) is 18.7. The third-order valence-corrected chi connectivity index (χ3v) is 3.69. The van der Waals surface area contributed by atoms with Crippen LogP contribution in [0.1, 0.15) is 38.8 Å². The molecule has 1 amide bonds. The predicted molar refractivity (Wildman–Crippen MR) is 91.0 cm³/mol. The predicted octanol–water partition coefficient (Wildman–Crippen LogP) is 2.72. The van der Waals surface area contributed by atoms with Crippen molar-refractivity contribution in [1.82, 2.24) is 4.90 Å². The second kappa shape index (κ2) is 7.75. The summed E-state index contributed by atoms with van der Waals surface area (Å²) in [5.74, 6) is -1.25. The molecule has 5 heteroatoms. The molecule has 2 aromatic rings. The molecule has 0 spiro atoms. The Balaban J connectivity index is 2.28. The number of hydrogen-bond donors (Lipinski definition) is 2. The van der Waals surface area contributed by atoms with Gasteiger partial charge in [0.05, 0.1) is 11.7 Å². The molecular weight excluding hydrogens is 306 g/mol. The van der Waals surface area contributed by atoms with Gasteiger partial charge in [-0.1, -0.05) is 30.3 Å². The highest BCUT2D eigenvalue weighted by Gasteiger charge is 2.20. The monoisotopic (exact) mass is 327 g/mol. The Hall–Kier alpha value is -2.66. The van der Waals surface area contributed by atoms with Gasteiger partial charge in [0.1, 0.15) is 0 Å². The van der Waals surface area contributed by atoms with Crippen LogP contribution in [0, 0.1) is 6.92 Å². The number of carboxylic acid groups (broad SMARTS) is 1. The van der Waals surface area contributed by atoms with Crippen molar-refractivity contribution in [2.24, 2.45) is 0 Å². The molecule has 1 unspecified atom stereocenters. The molecule has 0 fully saturated rings. The van der Waals surface area contributed by atoms with E-state index in [9.17, 15) is 14.7 Å². The van der Waals surface area contributed by atoms with Gasteiger partial charge in [0.2, 0.25) is 0 Å². The number of aliphatic hydroxyl groups is 1. The topological polar surface area (TPSA) is 77.8 Å². The molecule has 0 bridgehead atoms. The van der Waals surface area contributed by atoms with Gasteiger partial charge in [-0.05, 0) is 43.2 Å². The molecule has 126 valence electrons. The van der Waals surface area contributed by atoms with Gasteiger partial charge in [-0.2, -0.15) is 0 Å². The zero-order valence-corrected chi connectivity index (χ0v) is 13.8. The fourth-order valence-corrected chi connectivity index (χ4v) is 2.55. The Kier molecular flexibility index (Phi) is 5.71. The first-order chi connectivity index (χ1) is 11.4. The van der Waals surface area contributed by atoms with E-state index in [0.29, 0.717) is 17.7 Å². The molecule has 2 aromatic carbocycles. The van der Waals surface area contributed by atoms with Gasteiger partial charge in [-0.15, -0.1) is 0 Å². The maximum atomic E-state index is 12.9. The first-order valence-electron chi connectivity index (χ1n) is 7.73. The molecule has 0 heterocycles. The quantitative estimate of drug-likeness (QED) is 0.855. The van der Waals surface area contributed by atoms with Crippen LogP contribution in [0.4, 0.5) is 0 Å². The SMILES string of the molecule is Cc1cc(C(=O)O)ccc1C(=O)N(Cc1ccccc1)CC(C)O. The molecular formula is C19H21NO4. The van der Waals surface area contributed by atoms with Gasteiger partial charge in [0.15, 0.2) is 0 Å². The van der Waals surface area contributed by atoms with Gasteiger partial charge in [0, 0.05) is 18.7 Å². The number of hydrogen-bond acceptors (Lipinski definition) is 3. The molecule has 5 nitrogen and oxygen atoms in total. The molecule has 24 heavy (non-hydrogen) atoms. The summed E-state index contributed by atoms with van der Waals surface area (Å²) < 4.78 is 0. The Morgan fingerprint density at radius 2 is 1.79 bits per heavy atom. The van der Waals surface area contributed by atoms with E-state index >= 15 is 0 Å². The fraction of sp³-hybridized carbons (Fsp3) is 0.263. The molecule has 0 saturated carbocycles. The number of aryl methyl sites for hydroxylation is 1. The molecule has 0 aliphatic heterocycles. The minimum atomic E-state index is -1.03. The zero-order chi connectivity index (χ0) is 17.7. The summed E-state index contributed by atoms with van der Waals surface area (Å²) in [6, 6.07) is 14.0. The number of carbonyl (C=O) groups is 2. The van der Waals surface area contributed by atoms with E-state index < -0.39 is 12.1 Å². The van der Waals surface area contributed by atoms with E-state index in [-0.39, 0.29) is 18.0 Å². The number of carbonyl (C=O) groups excluding carboxylic acids is 1. The largest absolute Gasteiger partial charge is 0.478 e. The number of carboxylic acids is 1. The van der Waals surface area contributed by atoms with Crippen molar-refractivity contribution in [3.8, 4) is 0 Å². The second-order valence-electron chi connectivity index (χ2n) is 5.86. The lowest BCUT2D eigenvalue weighted by Gasteiger charge is -2.25. The van der Waals surface area contributed by atoms with E-state index in [4.69, 9.17) is 5.11 Å². The summed E-state index contributed by atoms with van der Waals surface area (Å²) in [5.41, 5.74) is 2.15. The summed E-state index contributed by atoms with van der Waals surface area (Å²) in [6.07, 6.45) is -0.656. The maximum Gasteiger partial charge on any atom is 0.335 e. The van der Waals surface area contributed by atoms with Crippen LogP contribution in [-0.4, -0.2) is 39.6 Å². The van der Waals surface area contributed by atoms with Crippen LogP contribution in [0.5, 0.6) is 0 Å². The van der Waals surface area contributed by atoms with Crippen LogP contribution >= 0.6 is 0 Å². The Morgan fingerprint density at radius 3 is 2.33 bits per heavy atom. The van der Waals surface area contributed by atoms with Gasteiger partial charge in [-0.3, -0.25) is 4.79 Å².